The number of nitro groups is 1. The van der Waals surface area contributed by atoms with Crippen LogP contribution in [0, 0.1) is 10.1 Å². The maximum atomic E-state index is 11.7. The molecular formula is C14H20N2O4S. The highest BCUT2D eigenvalue weighted by molar-refractivity contribution is 7.91. The maximum absolute atomic E-state index is 11.7. The predicted octanol–water partition coefficient (Wildman–Crippen LogP) is 2.21. The van der Waals surface area contributed by atoms with Crippen molar-refractivity contribution in [3.63, 3.8) is 0 Å². The summed E-state index contributed by atoms with van der Waals surface area (Å²) >= 11 is 0. The molecule has 0 amide bonds. The van der Waals surface area contributed by atoms with Gasteiger partial charge in [0.25, 0.3) is 5.69 Å². The second kappa shape index (κ2) is 5.73. The molecular weight excluding hydrogens is 292 g/mol. The standard InChI is InChI=1S/C14H20N2O4S/c1-3-13(11-5-4-6-12(9-11)16(17)18)15-14(2)7-8-21(19,20)10-14/h4-6,9,13,15H,3,7-8,10H2,1-2H3. The number of nitrogens with one attached hydrogen (secondary N) is 1. The largest absolute Gasteiger partial charge is 0.304 e. The van der Waals surface area contributed by atoms with Crippen LogP contribution in [0.2, 0.25) is 0 Å². The van der Waals surface area contributed by atoms with Crippen LogP contribution >= 0.6 is 0 Å². The van der Waals surface area contributed by atoms with Gasteiger partial charge < -0.3 is 5.32 Å². The van der Waals surface area contributed by atoms with Gasteiger partial charge in [-0.2, -0.15) is 0 Å². The Hall–Kier alpha value is -1.47. The van der Waals surface area contributed by atoms with E-state index in [1.54, 1.807) is 12.1 Å². The Morgan fingerprint density at radius 3 is 2.71 bits per heavy atom. The second-order valence-electron chi connectivity index (χ2n) is 5.86. The summed E-state index contributed by atoms with van der Waals surface area (Å²) in [6, 6.07) is 6.40. The Kier molecular flexibility index (Phi) is 4.34. The van der Waals surface area contributed by atoms with E-state index in [9.17, 15) is 18.5 Å². The molecule has 0 aromatic heterocycles. The van der Waals surface area contributed by atoms with E-state index in [1.807, 2.05) is 19.9 Å². The molecule has 1 aromatic carbocycles. The van der Waals surface area contributed by atoms with Crippen molar-refractivity contribution in [2.45, 2.75) is 38.3 Å². The zero-order valence-corrected chi connectivity index (χ0v) is 13.0. The van der Waals surface area contributed by atoms with Gasteiger partial charge in [-0.15, -0.1) is 0 Å². The summed E-state index contributed by atoms with van der Waals surface area (Å²) in [5.74, 6) is 0.313. The molecule has 6 nitrogen and oxygen atoms in total. The minimum absolute atomic E-state index is 0.0527. The van der Waals surface area contributed by atoms with Gasteiger partial charge in [-0.25, -0.2) is 8.42 Å². The third-order valence-electron chi connectivity index (χ3n) is 3.92. The smallest absolute Gasteiger partial charge is 0.269 e. The van der Waals surface area contributed by atoms with E-state index in [0.717, 1.165) is 12.0 Å². The fourth-order valence-electron chi connectivity index (χ4n) is 2.82. The van der Waals surface area contributed by atoms with Gasteiger partial charge in [0.15, 0.2) is 9.84 Å². The maximum Gasteiger partial charge on any atom is 0.269 e. The van der Waals surface area contributed by atoms with Crippen molar-refractivity contribution < 1.29 is 13.3 Å². The Labute approximate surface area is 124 Å². The monoisotopic (exact) mass is 312 g/mol. The van der Waals surface area contributed by atoms with Gasteiger partial charge in [0.05, 0.1) is 16.4 Å². The molecule has 0 saturated carbocycles. The lowest BCUT2D eigenvalue weighted by molar-refractivity contribution is -0.384. The number of nitro benzene ring substituents is 1. The SMILES string of the molecule is CCC(NC1(C)CCS(=O)(=O)C1)c1cccc([N+](=O)[O-])c1. The van der Waals surface area contributed by atoms with Gasteiger partial charge in [-0.3, -0.25) is 10.1 Å². The van der Waals surface area contributed by atoms with Crippen molar-refractivity contribution in [2.24, 2.45) is 0 Å². The van der Waals surface area contributed by atoms with E-state index < -0.39 is 20.3 Å². The highest BCUT2D eigenvalue weighted by Gasteiger charge is 2.39. The number of benzene rings is 1. The number of sulfone groups is 1. The molecule has 2 unspecified atom stereocenters. The normalized spacial score (nSPS) is 25.6. The third kappa shape index (κ3) is 3.79. The Balaban J connectivity index is 2.21. The summed E-state index contributed by atoms with van der Waals surface area (Å²) in [5.41, 5.74) is 0.401. The second-order valence-corrected chi connectivity index (χ2v) is 8.04. The van der Waals surface area contributed by atoms with Crippen molar-refractivity contribution in [1.82, 2.24) is 5.32 Å². The molecule has 1 aliphatic heterocycles. The first-order chi connectivity index (χ1) is 9.75. The molecule has 116 valence electrons. The van der Waals surface area contributed by atoms with Crippen LogP contribution in [0.15, 0.2) is 24.3 Å². The lowest BCUT2D eigenvalue weighted by atomic mass is 9.96. The quantitative estimate of drug-likeness (QED) is 0.665. The van der Waals surface area contributed by atoms with Crippen LogP contribution in [0.1, 0.15) is 38.3 Å². The molecule has 1 aliphatic rings. The van der Waals surface area contributed by atoms with Gasteiger partial charge in [-0.1, -0.05) is 19.1 Å². The van der Waals surface area contributed by atoms with E-state index in [1.165, 1.54) is 6.07 Å². The fourth-order valence-corrected chi connectivity index (χ4v) is 4.93. The summed E-state index contributed by atoms with van der Waals surface area (Å²) < 4.78 is 23.3. The number of non-ortho nitro benzene ring substituents is 1. The zero-order chi connectivity index (χ0) is 15.7. The zero-order valence-electron chi connectivity index (χ0n) is 12.2. The van der Waals surface area contributed by atoms with E-state index in [4.69, 9.17) is 0 Å². The van der Waals surface area contributed by atoms with Crippen LogP contribution in [-0.4, -0.2) is 30.4 Å². The van der Waals surface area contributed by atoms with Crippen molar-refractivity contribution in [3.8, 4) is 0 Å². The summed E-state index contributed by atoms with van der Waals surface area (Å²) in [5, 5.41) is 14.2. The first-order valence-corrected chi connectivity index (χ1v) is 8.79. The molecule has 0 bridgehead atoms. The molecule has 2 atom stereocenters. The van der Waals surface area contributed by atoms with Crippen LogP contribution in [0.25, 0.3) is 0 Å². The Morgan fingerprint density at radius 2 is 2.19 bits per heavy atom. The van der Waals surface area contributed by atoms with Gasteiger partial charge in [0, 0.05) is 23.7 Å². The number of rotatable bonds is 5. The lowest BCUT2D eigenvalue weighted by Crippen LogP contribution is -2.45. The van der Waals surface area contributed by atoms with E-state index >= 15 is 0 Å². The highest BCUT2D eigenvalue weighted by Crippen LogP contribution is 2.29. The van der Waals surface area contributed by atoms with Crippen LogP contribution in [-0.2, 0) is 9.84 Å². The summed E-state index contributed by atoms with van der Waals surface area (Å²) in [4.78, 5) is 10.4. The molecule has 0 aliphatic carbocycles. The minimum Gasteiger partial charge on any atom is -0.304 e. The Morgan fingerprint density at radius 1 is 1.48 bits per heavy atom. The predicted molar refractivity (Wildman–Crippen MR) is 80.9 cm³/mol. The summed E-state index contributed by atoms with van der Waals surface area (Å²) in [6.07, 6.45) is 1.30. The molecule has 2 rings (SSSR count). The van der Waals surface area contributed by atoms with Gasteiger partial charge in [-0.05, 0) is 25.3 Å². The number of nitrogens with zero attached hydrogens (tertiary/aromatic N) is 1. The molecule has 1 aromatic rings. The van der Waals surface area contributed by atoms with E-state index in [0.29, 0.717) is 6.42 Å². The average Bonchev–Trinajstić information content (AvgIpc) is 2.70. The molecule has 7 heteroatoms. The van der Waals surface area contributed by atoms with Crippen LogP contribution < -0.4 is 5.32 Å². The minimum atomic E-state index is -2.98. The highest BCUT2D eigenvalue weighted by atomic mass is 32.2. The van der Waals surface area contributed by atoms with Crippen LogP contribution in [0.3, 0.4) is 0 Å². The average molecular weight is 312 g/mol. The van der Waals surface area contributed by atoms with E-state index in [2.05, 4.69) is 5.32 Å². The topological polar surface area (TPSA) is 89.3 Å². The summed E-state index contributed by atoms with van der Waals surface area (Å²) in [6.45, 7) is 3.88. The number of hydrogen-bond acceptors (Lipinski definition) is 5. The molecule has 1 heterocycles. The molecule has 0 radical (unpaired) electrons. The third-order valence-corrected chi connectivity index (χ3v) is 5.82. The van der Waals surface area contributed by atoms with Crippen molar-refractivity contribution >= 4 is 15.5 Å². The molecule has 0 spiro atoms. The fraction of sp³-hybridized carbons (Fsp3) is 0.571. The molecule has 1 N–H and O–H groups in total. The van der Waals surface area contributed by atoms with E-state index in [-0.39, 0.29) is 23.2 Å². The van der Waals surface area contributed by atoms with Crippen molar-refractivity contribution in [3.05, 3.63) is 39.9 Å². The van der Waals surface area contributed by atoms with Crippen LogP contribution in [0.4, 0.5) is 5.69 Å². The van der Waals surface area contributed by atoms with Gasteiger partial charge in [0.1, 0.15) is 0 Å². The van der Waals surface area contributed by atoms with Gasteiger partial charge in [0.2, 0.25) is 0 Å². The lowest BCUT2D eigenvalue weighted by Gasteiger charge is -2.30. The van der Waals surface area contributed by atoms with Crippen LogP contribution in [0.5, 0.6) is 0 Å². The van der Waals surface area contributed by atoms with Crippen molar-refractivity contribution in [1.29, 1.82) is 0 Å². The Bertz CT molecular complexity index is 644. The van der Waals surface area contributed by atoms with Crippen molar-refractivity contribution in [2.75, 3.05) is 11.5 Å². The first kappa shape index (κ1) is 15.9. The molecule has 1 saturated heterocycles. The first-order valence-electron chi connectivity index (χ1n) is 6.97. The molecule has 1 fully saturated rings. The summed E-state index contributed by atoms with van der Waals surface area (Å²) in [7, 11) is -2.98. The molecule has 21 heavy (non-hydrogen) atoms. The van der Waals surface area contributed by atoms with Gasteiger partial charge >= 0.3 is 0 Å². The number of hydrogen-bond donors (Lipinski definition) is 1.